The molecule has 2 saturated heterocycles. The zero-order valence-electron chi connectivity index (χ0n) is 12.1. The van der Waals surface area contributed by atoms with Crippen molar-refractivity contribution in [1.82, 2.24) is 14.8 Å². The highest BCUT2D eigenvalue weighted by atomic mass is 19.2. The van der Waals surface area contributed by atoms with Crippen molar-refractivity contribution in [1.29, 1.82) is 0 Å². The number of piperidine rings is 2. The molecule has 3 rings (SSSR count). The molecule has 2 aliphatic rings. The van der Waals surface area contributed by atoms with Crippen LogP contribution in [-0.4, -0.2) is 53.4 Å². The van der Waals surface area contributed by atoms with E-state index >= 15 is 0 Å². The van der Waals surface area contributed by atoms with Gasteiger partial charge in [-0.1, -0.05) is 0 Å². The summed E-state index contributed by atoms with van der Waals surface area (Å²) in [5.74, 6) is -2.37. The molecule has 1 aromatic rings. The van der Waals surface area contributed by atoms with Crippen LogP contribution in [0.3, 0.4) is 0 Å². The van der Waals surface area contributed by atoms with Gasteiger partial charge < -0.3 is 9.80 Å². The first-order chi connectivity index (χ1) is 10.1. The van der Waals surface area contributed by atoms with Crippen LogP contribution in [0.5, 0.6) is 0 Å². The van der Waals surface area contributed by atoms with Crippen molar-refractivity contribution < 1.29 is 13.6 Å². The number of nitrogens with zero attached hydrogens (tertiary/aromatic N) is 3. The second-order valence-corrected chi connectivity index (χ2v) is 5.95. The molecule has 1 aromatic heterocycles. The summed E-state index contributed by atoms with van der Waals surface area (Å²) in [5, 5.41) is 0. The number of halogens is 2. The standard InChI is InChI=1S/C15H19F2N3O/c1-19-7-2-3-10-9-20(8-5-12(10)19)15(21)11-4-6-18-14(17)13(11)16/h4,6,10,12H,2-3,5,7-9H2,1H3. The van der Waals surface area contributed by atoms with Crippen molar-refractivity contribution in [2.75, 3.05) is 26.7 Å². The Balaban J connectivity index is 1.76. The highest BCUT2D eigenvalue weighted by molar-refractivity contribution is 5.94. The topological polar surface area (TPSA) is 36.4 Å². The van der Waals surface area contributed by atoms with Gasteiger partial charge in [0, 0.05) is 25.3 Å². The van der Waals surface area contributed by atoms with E-state index in [9.17, 15) is 13.6 Å². The van der Waals surface area contributed by atoms with Crippen LogP contribution in [0, 0.1) is 17.7 Å². The van der Waals surface area contributed by atoms with E-state index in [2.05, 4.69) is 16.9 Å². The average Bonchev–Trinajstić information content (AvgIpc) is 2.49. The molecule has 0 bridgehead atoms. The number of pyridine rings is 1. The van der Waals surface area contributed by atoms with Crippen molar-refractivity contribution >= 4 is 5.91 Å². The normalized spacial score (nSPS) is 26.5. The van der Waals surface area contributed by atoms with Gasteiger partial charge in [-0.15, -0.1) is 0 Å². The fourth-order valence-electron chi connectivity index (χ4n) is 3.59. The highest BCUT2D eigenvalue weighted by Crippen LogP contribution is 2.30. The molecule has 0 spiro atoms. The van der Waals surface area contributed by atoms with E-state index in [0.717, 1.165) is 32.0 Å². The van der Waals surface area contributed by atoms with Gasteiger partial charge >= 0.3 is 0 Å². The first-order valence-corrected chi connectivity index (χ1v) is 7.37. The number of carbonyl (C=O) groups is 1. The Bertz CT molecular complexity index is 552. The zero-order valence-corrected chi connectivity index (χ0v) is 12.1. The van der Waals surface area contributed by atoms with Crippen LogP contribution in [0.15, 0.2) is 12.3 Å². The summed E-state index contributed by atoms with van der Waals surface area (Å²) in [4.78, 5) is 19.6. The third-order valence-electron chi connectivity index (χ3n) is 4.71. The lowest BCUT2D eigenvalue weighted by Gasteiger charge is -2.46. The van der Waals surface area contributed by atoms with Crippen LogP contribution in [0.4, 0.5) is 8.78 Å². The predicted octanol–water partition coefficient (Wildman–Crippen LogP) is 1.92. The Kier molecular flexibility index (Phi) is 3.89. The molecule has 0 N–H and O–H groups in total. The van der Waals surface area contributed by atoms with E-state index in [1.807, 2.05) is 0 Å². The number of fused-ring (bicyclic) bond motifs is 1. The van der Waals surface area contributed by atoms with Gasteiger partial charge in [0.05, 0.1) is 5.56 Å². The summed E-state index contributed by atoms with van der Waals surface area (Å²) >= 11 is 0. The second kappa shape index (κ2) is 5.67. The molecule has 6 heteroatoms. The summed E-state index contributed by atoms with van der Waals surface area (Å²) in [6.45, 7) is 2.31. The largest absolute Gasteiger partial charge is 0.338 e. The lowest BCUT2D eigenvalue weighted by atomic mass is 9.84. The summed E-state index contributed by atoms with van der Waals surface area (Å²) in [7, 11) is 2.12. The van der Waals surface area contributed by atoms with Gasteiger partial charge in [-0.3, -0.25) is 4.79 Å². The van der Waals surface area contributed by atoms with Crippen molar-refractivity contribution in [3.63, 3.8) is 0 Å². The van der Waals surface area contributed by atoms with Crippen molar-refractivity contribution in [2.45, 2.75) is 25.3 Å². The Hall–Kier alpha value is -1.56. The zero-order chi connectivity index (χ0) is 15.0. The van der Waals surface area contributed by atoms with Crippen molar-refractivity contribution in [3.05, 3.63) is 29.6 Å². The minimum atomic E-state index is -1.21. The molecule has 0 aromatic carbocycles. The SMILES string of the molecule is CN1CCCC2CN(C(=O)c3ccnc(F)c3F)CCC21. The van der Waals surface area contributed by atoms with Crippen LogP contribution in [0.25, 0.3) is 0 Å². The van der Waals surface area contributed by atoms with Crippen molar-refractivity contribution in [2.24, 2.45) is 5.92 Å². The van der Waals surface area contributed by atoms with Crippen LogP contribution in [-0.2, 0) is 0 Å². The van der Waals surface area contributed by atoms with E-state index in [0.29, 0.717) is 25.0 Å². The van der Waals surface area contributed by atoms with Gasteiger partial charge in [0.1, 0.15) is 0 Å². The smallest absolute Gasteiger partial charge is 0.257 e. The second-order valence-electron chi connectivity index (χ2n) is 5.95. The van der Waals surface area contributed by atoms with Gasteiger partial charge in [-0.05, 0) is 44.8 Å². The Morgan fingerprint density at radius 1 is 1.33 bits per heavy atom. The summed E-state index contributed by atoms with van der Waals surface area (Å²) < 4.78 is 26.9. The lowest BCUT2D eigenvalue weighted by molar-refractivity contribution is 0.0313. The minimum absolute atomic E-state index is 0.217. The van der Waals surface area contributed by atoms with Gasteiger partial charge in [0.2, 0.25) is 5.95 Å². The molecule has 21 heavy (non-hydrogen) atoms. The fourth-order valence-corrected chi connectivity index (χ4v) is 3.59. The van der Waals surface area contributed by atoms with Crippen LogP contribution >= 0.6 is 0 Å². The summed E-state index contributed by atoms with van der Waals surface area (Å²) in [6, 6.07) is 1.75. The maximum absolute atomic E-state index is 13.7. The number of rotatable bonds is 1. The predicted molar refractivity (Wildman–Crippen MR) is 73.8 cm³/mol. The van der Waals surface area contributed by atoms with E-state index in [1.165, 1.54) is 6.07 Å². The highest BCUT2D eigenvalue weighted by Gasteiger charge is 2.36. The molecular formula is C15H19F2N3O. The molecule has 114 valence electrons. The van der Waals surface area contributed by atoms with E-state index in [4.69, 9.17) is 0 Å². The van der Waals surface area contributed by atoms with Crippen LogP contribution in [0.2, 0.25) is 0 Å². The summed E-state index contributed by atoms with van der Waals surface area (Å²) in [6.07, 6.45) is 4.23. The van der Waals surface area contributed by atoms with Crippen LogP contribution in [0.1, 0.15) is 29.6 Å². The first kappa shape index (κ1) is 14.4. The monoisotopic (exact) mass is 295 g/mol. The number of hydrogen-bond donors (Lipinski definition) is 0. The summed E-state index contributed by atoms with van der Waals surface area (Å²) in [5.41, 5.74) is -0.217. The maximum atomic E-state index is 13.7. The molecule has 2 unspecified atom stereocenters. The number of hydrogen-bond acceptors (Lipinski definition) is 3. The molecule has 0 saturated carbocycles. The van der Waals surface area contributed by atoms with Gasteiger partial charge in [-0.25, -0.2) is 9.37 Å². The minimum Gasteiger partial charge on any atom is -0.338 e. The number of likely N-dealkylation sites (tertiary alicyclic amines) is 2. The third kappa shape index (κ3) is 2.64. The quantitative estimate of drug-likeness (QED) is 0.743. The molecule has 2 fully saturated rings. The number of amides is 1. The lowest BCUT2D eigenvalue weighted by Crippen LogP contribution is -2.54. The average molecular weight is 295 g/mol. The fraction of sp³-hybridized carbons (Fsp3) is 0.600. The number of aromatic nitrogens is 1. The Labute approximate surface area is 122 Å². The molecular weight excluding hydrogens is 276 g/mol. The number of carbonyl (C=O) groups excluding carboxylic acids is 1. The maximum Gasteiger partial charge on any atom is 0.257 e. The Morgan fingerprint density at radius 2 is 2.14 bits per heavy atom. The molecule has 2 atom stereocenters. The molecule has 4 nitrogen and oxygen atoms in total. The third-order valence-corrected chi connectivity index (χ3v) is 4.71. The Morgan fingerprint density at radius 3 is 2.95 bits per heavy atom. The van der Waals surface area contributed by atoms with E-state index in [-0.39, 0.29) is 5.56 Å². The van der Waals surface area contributed by atoms with E-state index in [1.54, 1.807) is 4.90 Å². The molecule has 2 aliphatic heterocycles. The molecule has 0 aliphatic carbocycles. The van der Waals surface area contributed by atoms with Gasteiger partial charge in [-0.2, -0.15) is 4.39 Å². The molecule has 3 heterocycles. The van der Waals surface area contributed by atoms with Crippen LogP contribution < -0.4 is 0 Å². The van der Waals surface area contributed by atoms with Gasteiger partial charge in [0.15, 0.2) is 5.82 Å². The van der Waals surface area contributed by atoms with Crippen molar-refractivity contribution in [3.8, 4) is 0 Å². The van der Waals surface area contributed by atoms with Gasteiger partial charge in [0.25, 0.3) is 5.91 Å². The molecule has 0 radical (unpaired) electrons. The van der Waals surface area contributed by atoms with E-state index < -0.39 is 17.7 Å². The first-order valence-electron chi connectivity index (χ1n) is 7.37. The molecule has 1 amide bonds.